The molecule has 0 spiro atoms. The van der Waals surface area contributed by atoms with E-state index >= 15 is 0 Å². The highest BCUT2D eigenvalue weighted by molar-refractivity contribution is 6.03. The fraction of sp³-hybridized carbons (Fsp3) is 0.556. The number of ether oxygens (including phenoxy) is 1. The van der Waals surface area contributed by atoms with Crippen LogP contribution in [0.5, 0.6) is 0 Å². The molecule has 0 amide bonds. The van der Waals surface area contributed by atoms with Crippen molar-refractivity contribution in [2.75, 3.05) is 12.3 Å². The number of nitrogen functional groups attached to an aromatic ring is 1. The van der Waals surface area contributed by atoms with Gasteiger partial charge in [0.1, 0.15) is 5.52 Å². The van der Waals surface area contributed by atoms with Crippen LogP contribution in [0, 0.1) is 11.3 Å². The van der Waals surface area contributed by atoms with Crippen LogP contribution in [0.3, 0.4) is 0 Å². The van der Waals surface area contributed by atoms with Gasteiger partial charge in [0.05, 0.1) is 17.8 Å². The largest absolute Gasteiger partial charge is 0.461 e. The Morgan fingerprint density at radius 1 is 1.48 bits per heavy atom. The molecule has 0 aliphatic heterocycles. The van der Waals surface area contributed by atoms with E-state index < -0.39 is 5.97 Å². The van der Waals surface area contributed by atoms with Crippen LogP contribution in [0.1, 0.15) is 55.9 Å². The number of rotatable bonds is 2. The van der Waals surface area contributed by atoms with E-state index in [2.05, 4.69) is 31.8 Å². The van der Waals surface area contributed by atoms with Gasteiger partial charge in [-0.2, -0.15) is 0 Å². The smallest absolute Gasteiger partial charge is 0.356 e. The highest BCUT2D eigenvalue weighted by atomic mass is 16.5. The molecule has 3 rings (SSSR count). The SMILES string of the molecule is CCOC(=O)c1[nH]c2cc3c(nc2c1N)CCC(C(C)(C)C)C3. The van der Waals surface area contributed by atoms with Gasteiger partial charge in [0.15, 0.2) is 5.69 Å². The van der Waals surface area contributed by atoms with Crippen molar-refractivity contribution in [2.45, 2.75) is 47.0 Å². The fourth-order valence-corrected chi connectivity index (χ4v) is 3.39. The Labute approximate surface area is 136 Å². The maximum absolute atomic E-state index is 12.0. The van der Waals surface area contributed by atoms with E-state index in [1.165, 1.54) is 5.56 Å². The van der Waals surface area contributed by atoms with Gasteiger partial charge in [-0.15, -0.1) is 0 Å². The van der Waals surface area contributed by atoms with Gasteiger partial charge < -0.3 is 15.5 Å². The molecule has 5 heteroatoms. The van der Waals surface area contributed by atoms with Gasteiger partial charge in [0, 0.05) is 5.69 Å². The van der Waals surface area contributed by atoms with Crippen molar-refractivity contribution in [3.8, 4) is 0 Å². The van der Waals surface area contributed by atoms with Crippen molar-refractivity contribution in [1.29, 1.82) is 0 Å². The van der Waals surface area contributed by atoms with Crippen LogP contribution in [0.15, 0.2) is 6.07 Å². The Morgan fingerprint density at radius 3 is 2.87 bits per heavy atom. The fourth-order valence-electron chi connectivity index (χ4n) is 3.39. The van der Waals surface area contributed by atoms with E-state index in [-0.39, 0.29) is 5.41 Å². The first-order valence-corrected chi connectivity index (χ1v) is 8.28. The second-order valence-corrected chi connectivity index (χ2v) is 7.43. The second kappa shape index (κ2) is 5.55. The molecule has 0 bridgehead atoms. The third kappa shape index (κ3) is 2.80. The molecule has 2 aromatic rings. The van der Waals surface area contributed by atoms with E-state index in [1.54, 1.807) is 6.92 Å². The standard InChI is InChI=1S/C18H25N3O2/c1-5-23-17(22)16-14(19)15-13(21-16)9-10-8-11(18(2,3)4)6-7-12(10)20-15/h9,11,21H,5-8,19H2,1-4H3. The number of aromatic nitrogens is 2. The zero-order valence-corrected chi connectivity index (χ0v) is 14.3. The van der Waals surface area contributed by atoms with Gasteiger partial charge in [0.25, 0.3) is 0 Å². The summed E-state index contributed by atoms with van der Waals surface area (Å²) < 4.78 is 5.05. The van der Waals surface area contributed by atoms with Crippen molar-refractivity contribution in [1.82, 2.24) is 9.97 Å². The number of hydrogen-bond acceptors (Lipinski definition) is 4. The number of aryl methyl sites for hydroxylation is 1. The van der Waals surface area contributed by atoms with Crippen molar-refractivity contribution >= 4 is 22.7 Å². The van der Waals surface area contributed by atoms with Crippen molar-refractivity contribution in [3.05, 3.63) is 23.0 Å². The Hall–Kier alpha value is -2.04. The number of nitrogens with two attached hydrogens (primary N) is 1. The van der Waals surface area contributed by atoms with Crippen LogP contribution in [0.2, 0.25) is 0 Å². The molecule has 3 N–H and O–H groups in total. The molecule has 1 aliphatic rings. The number of carbonyl (C=O) groups is 1. The maximum Gasteiger partial charge on any atom is 0.356 e. The minimum absolute atomic E-state index is 0.289. The number of fused-ring (bicyclic) bond motifs is 2. The minimum Gasteiger partial charge on any atom is -0.461 e. The van der Waals surface area contributed by atoms with Gasteiger partial charge in [-0.1, -0.05) is 20.8 Å². The number of hydrogen-bond donors (Lipinski definition) is 2. The first-order chi connectivity index (χ1) is 10.8. The van der Waals surface area contributed by atoms with Crippen molar-refractivity contribution in [2.24, 2.45) is 11.3 Å². The number of aromatic amines is 1. The van der Waals surface area contributed by atoms with Crippen LogP contribution >= 0.6 is 0 Å². The monoisotopic (exact) mass is 315 g/mol. The third-order valence-corrected chi connectivity index (χ3v) is 4.88. The van der Waals surface area contributed by atoms with E-state index in [0.717, 1.165) is 30.5 Å². The zero-order chi connectivity index (χ0) is 16.8. The molecular weight excluding hydrogens is 290 g/mol. The Kier molecular flexibility index (Phi) is 3.82. The number of anilines is 1. The van der Waals surface area contributed by atoms with Crippen LogP contribution in [0.4, 0.5) is 5.69 Å². The molecule has 0 saturated heterocycles. The van der Waals surface area contributed by atoms with Crippen LogP contribution < -0.4 is 5.73 Å². The molecular formula is C18H25N3O2. The van der Waals surface area contributed by atoms with Crippen molar-refractivity contribution < 1.29 is 9.53 Å². The average Bonchev–Trinajstić information content (AvgIpc) is 2.80. The van der Waals surface area contributed by atoms with Gasteiger partial charge in [-0.25, -0.2) is 9.78 Å². The Bertz CT molecular complexity index is 756. The molecule has 1 atom stereocenters. The summed E-state index contributed by atoms with van der Waals surface area (Å²) in [6, 6.07) is 2.11. The molecule has 0 fully saturated rings. The van der Waals surface area contributed by atoms with Gasteiger partial charge in [-0.3, -0.25) is 0 Å². The highest BCUT2D eigenvalue weighted by Gasteiger charge is 2.30. The molecule has 2 aromatic heterocycles. The zero-order valence-electron chi connectivity index (χ0n) is 14.3. The maximum atomic E-state index is 12.0. The predicted octanol–water partition coefficient (Wildman–Crippen LogP) is 3.47. The van der Waals surface area contributed by atoms with Gasteiger partial charge in [0.2, 0.25) is 0 Å². The van der Waals surface area contributed by atoms with E-state index in [1.807, 2.05) is 0 Å². The van der Waals surface area contributed by atoms with Crippen LogP contribution in [-0.2, 0) is 17.6 Å². The first kappa shape index (κ1) is 15.8. The number of carbonyl (C=O) groups excluding carboxylic acids is 1. The van der Waals surface area contributed by atoms with Gasteiger partial charge >= 0.3 is 5.97 Å². The lowest BCUT2D eigenvalue weighted by molar-refractivity contribution is 0.0522. The minimum atomic E-state index is -0.423. The highest BCUT2D eigenvalue weighted by Crippen LogP contribution is 2.38. The summed E-state index contributed by atoms with van der Waals surface area (Å²) in [5.74, 6) is 0.222. The molecule has 0 aromatic carbocycles. The molecule has 23 heavy (non-hydrogen) atoms. The number of nitrogens with zero attached hydrogens (tertiary/aromatic N) is 1. The summed E-state index contributed by atoms with van der Waals surface area (Å²) >= 11 is 0. The number of H-pyrrole nitrogens is 1. The average molecular weight is 315 g/mol. The predicted molar refractivity (Wildman–Crippen MR) is 91.4 cm³/mol. The molecule has 124 valence electrons. The normalized spacial score (nSPS) is 18.0. The molecule has 0 saturated carbocycles. The summed E-state index contributed by atoms with van der Waals surface area (Å²) in [6.45, 7) is 8.98. The second-order valence-electron chi connectivity index (χ2n) is 7.43. The summed E-state index contributed by atoms with van der Waals surface area (Å²) in [4.78, 5) is 19.8. The summed E-state index contributed by atoms with van der Waals surface area (Å²) in [5.41, 5.74) is 11.0. The van der Waals surface area contributed by atoms with Gasteiger partial charge in [-0.05, 0) is 49.1 Å². The molecule has 2 heterocycles. The molecule has 0 radical (unpaired) electrons. The van der Waals surface area contributed by atoms with E-state index in [4.69, 9.17) is 15.5 Å². The topological polar surface area (TPSA) is 81.0 Å². The van der Waals surface area contributed by atoms with E-state index in [0.29, 0.717) is 29.4 Å². The van der Waals surface area contributed by atoms with E-state index in [9.17, 15) is 4.79 Å². The molecule has 5 nitrogen and oxygen atoms in total. The third-order valence-electron chi connectivity index (χ3n) is 4.88. The lowest BCUT2D eigenvalue weighted by Crippen LogP contribution is -2.27. The summed E-state index contributed by atoms with van der Waals surface area (Å²) in [6.07, 6.45) is 3.13. The number of nitrogens with one attached hydrogen (secondary N) is 1. The van der Waals surface area contributed by atoms with Crippen LogP contribution in [-0.4, -0.2) is 22.5 Å². The summed E-state index contributed by atoms with van der Waals surface area (Å²) in [7, 11) is 0. The Balaban J connectivity index is 2.02. The first-order valence-electron chi connectivity index (χ1n) is 8.28. The van der Waals surface area contributed by atoms with Crippen molar-refractivity contribution in [3.63, 3.8) is 0 Å². The quantitative estimate of drug-likeness (QED) is 0.831. The lowest BCUT2D eigenvalue weighted by Gasteiger charge is -2.34. The summed E-state index contributed by atoms with van der Waals surface area (Å²) in [5, 5.41) is 0. The Morgan fingerprint density at radius 2 is 2.22 bits per heavy atom. The number of esters is 1. The molecule has 1 aliphatic carbocycles. The molecule has 1 unspecified atom stereocenters. The lowest BCUT2D eigenvalue weighted by atomic mass is 9.71. The van der Waals surface area contributed by atoms with Crippen LogP contribution in [0.25, 0.3) is 11.0 Å². The number of pyridine rings is 1.